The number of hydrogen-bond donors (Lipinski definition) is 1. The van der Waals surface area contributed by atoms with E-state index in [1.165, 1.54) is 0 Å². The van der Waals surface area contributed by atoms with Crippen LogP contribution in [-0.4, -0.2) is 28.6 Å². The number of para-hydroxylation sites is 1. The molecule has 1 atom stereocenters. The van der Waals surface area contributed by atoms with E-state index >= 15 is 0 Å². The molecule has 3 rings (SSSR count). The Kier molecular flexibility index (Phi) is 2.80. The number of rotatable bonds is 3. The fourth-order valence-corrected chi connectivity index (χ4v) is 2.69. The van der Waals surface area contributed by atoms with Gasteiger partial charge in [0.1, 0.15) is 11.6 Å². The first kappa shape index (κ1) is 11.3. The summed E-state index contributed by atoms with van der Waals surface area (Å²) in [4.78, 5) is 13.2. The van der Waals surface area contributed by atoms with E-state index in [4.69, 9.17) is 9.52 Å². The molecule has 0 radical (unpaired) electrons. The molecule has 0 spiro atoms. The van der Waals surface area contributed by atoms with Crippen molar-refractivity contribution in [2.45, 2.75) is 25.4 Å². The molecule has 1 fully saturated rings. The zero-order chi connectivity index (χ0) is 12.5. The summed E-state index contributed by atoms with van der Waals surface area (Å²) in [5.41, 5.74) is 1.93. The number of aliphatic carboxylic acids is 1. The summed E-state index contributed by atoms with van der Waals surface area (Å²) in [6, 6.07) is 7.57. The third-order valence-electron chi connectivity index (χ3n) is 3.58. The molecular formula is C14H15NO3. The lowest BCUT2D eigenvalue weighted by molar-refractivity contribution is -0.142. The highest BCUT2D eigenvalue weighted by Crippen LogP contribution is 2.25. The first-order valence-electron chi connectivity index (χ1n) is 6.17. The van der Waals surface area contributed by atoms with Gasteiger partial charge in [0, 0.05) is 17.5 Å². The van der Waals surface area contributed by atoms with Crippen molar-refractivity contribution >= 4 is 16.9 Å². The fraction of sp³-hybridized carbons (Fsp3) is 0.357. The van der Waals surface area contributed by atoms with E-state index in [0.717, 1.165) is 35.9 Å². The van der Waals surface area contributed by atoms with Gasteiger partial charge in [-0.25, -0.2) is 0 Å². The van der Waals surface area contributed by atoms with Gasteiger partial charge in [-0.15, -0.1) is 0 Å². The number of nitrogens with zero attached hydrogens (tertiary/aromatic N) is 1. The van der Waals surface area contributed by atoms with Crippen molar-refractivity contribution in [1.29, 1.82) is 0 Å². The predicted molar refractivity (Wildman–Crippen MR) is 67.3 cm³/mol. The Labute approximate surface area is 105 Å². The number of hydrogen-bond acceptors (Lipinski definition) is 3. The van der Waals surface area contributed by atoms with Gasteiger partial charge in [-0.3, -0.25) is 9.69 Å². The van der Waals surface area contributed by atoms with E-state index in [2.05, 4.69) is 0 Å². The van der Waals surface area contributed by atoms with E-state index in [1.807, 2.05) is 29.2 Å². The molecule has 0 bridgehead atoms. The van der Waals surface area contributed by atoms with E-state index in [-0.39, 0.29) is 6.04 Å². The van der Waals surface area contributed by atoms with Gasteiger partial charge in [-0.1, -0.05) is 18.2 Å². The maximum absolute atomic E-state index is 11.2. The summed E-state index contributed by atoms with van der Waals surface area (Å²) in [6.45, 7) is 1.48. The second-order valence-corrected chi connectivity index (χ2v) is 4.72. The average molecular weight is 245 g/mol. The van der Waals surface area contributed by atoms with E-state index in [0.29, 0.717) is 6.54 Å². The summed E-state index contributed by atoms with van der Waals surface area (Å²) in [6.07, 6.45) is 3.36. The van der Waals surface area contributed by atoms with Crippen LogP contribution in [0.5, 0.6) is 0 Å². The summed E-state index contributed by atoms with van der Waals surface area (Å²) < 4.78 is 5.48. The topological polar surface area (TPSA) is 53.7 Å². The normalized spacial score (nSPS) is 20.6. The number of carboxylic acid groups (broad SMARTS) is 1. The van der Waals surface area contributed by atoms with Gasteiger partial charge in [0.25, 0.3) is 0 Å². The van der Waals surface area contributed by atoms with Gasteiger partial charge in [-0.05, 0) is 25.5 Å². The number of fused-ring (bicyclic) bond motifs is 1. The van der Waals surface area contributed by atoms with Crippen molar-refractivity contribution in [3.05, 3.63) is 36.1 Å². The van der Waals surface area contributed by atoms with E-state index < -0.39 is 5.97 Å². The molecule has 18 heavy (non-hydrogen) atoms. The average Bonchev–Trinajstić information content (AvgIpc) is 2.96. The summed E-state index contributed by atoms with van der Waals surface area (Å²) in [7, 11) is 0. The molecule has 4 nitrogen and oxygen atoms in total. The van der Waals surface area contributed by atoms with Crippen molar-refractivity contribution in [2.75, 3.05) is 6.54 Å². The zero-order valence-corrected chi connectivity index (χ0v) is 10.0. The molecule has 1 aromatic carbocycles. The number of furan rings is 1. The lowest BCUT2D eigenvalue weighted by atomic mass is 10.1. The van der Waals surface area contributed by atoms with Gasteiger partial charge in [0.05, 0.1) is 6.26 Å². The minimum atomic E-state index is -0.723. The Bertz CT molecular complexity index is 575. The Hall–Kier alpha value is -1.81. The van der Waals surface area contributed by atoms with Crippen LogP contribution in [0.15, 0.2) is 34.9 Å². The summed E-state index contributed by atoms with van der Waals surface area (Å²) in [5.74, 6) is -0.723. The first-order chi connectivity index (χ1) is 8.75. The van der Waals surface area contributed by atoms with Crippen molar-refractivity contribution in [1.82, 2.24) is 4.90 Å². The SMILES string of the molecule is O=C(O)[C@H]1CCCN1Cc1cccc2ccoc12. The largest absolute Gasteiger partial charge is 0.480 e. The smallest absolute Gasteiger partial charge is 0.320 e. The quantitative estimate of drug-likeness (QED) is 0.902. The van der Waals surface area contributed by atoms with Crippen molar-refractivity contribution in [3.8, 4) is 0 Å². The molecule has 1 aliphatic rings. The Morgan fingerprint density at radius 3 is 3.17 bits per heavy atom. The molecule has 1 N–H and O–H groups in total. The standard InChI is InChI=1S/C14H15NO3/c16-14(17)12-5-2-7-15(12)9-11-4-1-3-10-6-8-18-13(10)11/h1,3-4,6,8,12H,2,5,7,9H2,(H,16,17)/t12-/m1/s1. The molecule has 4 heteroatoms. The van der Waals surface area contributed by atoms with Crippen LogP contribution in [0.25, 0.3) is 11.0 Å². The molecule has 1 aromatic heterocycles. The molecular weight excluding hydrogens is 230 g/mol. The van der Waals surface area contributed by atoms with Gasteiger partial charge < -0.3 is 9.52 Å². The van der Waals surface area contributed by atoms with Crippen molar-refractivity contribution in [3.63, 3.8) is 0 Å². The fourth-order valence-electron chi connectivity index (χ4n) is 2.69. The summed E-state index contributed by atoms with van der Waals surface area (Å²) in [5, 5.41) is 10.2. The molecule has 0 saturated carbocycles. The van der Waals surface area contributed by atoms with Crippen LogP contribution in [0.4, 0.5) is 0 Å². The zero-order valence-electron chi connectivity index (χ0n) is 10.0. The second kappa shape index (κ2) is 4.46. The molecule has 94 valence electrons. The van der Waals surface area contributed by atoms with E-state index in [1.54, 1.807) is 6.26 Å². The number of carbonyl (C=O) groups is 1. The van der Waals surface area contributed by atoms with Crippen LogP contribution in [0.3, 0.4) is 0 Å². The predicted octanol–water partition coefficient (Wildman–Crippen LogP) is 2.48. The third-order valence-corrected chi connectivity index (χ3v) is 3.58. The second-order valence-electron chi connectivity index (χ2n) is 4.72. The van der Waals surface area contributed by atoms with Gasteiger partial charge >= 0.3 is 5.97 Å². The van der Waals surface area contributed by atoms with Crippen molar-refractivity contribution in [2.24, 2.45) is 0 Å². The summed E-state index contributed by atoms with van der Waals surface area (Å²) >= 11 is 0. The van der Waals surface area contributed by atoms with E-state index in [9.17, 15) is 4.79 Å². The molecule has 0 unspecified atom stereocenters. The Balaban J connectivity index is 1.88. The maximum atomic E-state index is 11.2. The highest BCUT2D eigenvalue weighted by Gasteiger charge is 2.30. The van der Waals surface area contributed by atoms with Crippen LogP contribution in [0, 0.1) is 0 Å². The molecule has 2 heterocycles. The third kappa shape index (κ3) is 1.88. The highest BCUT2D eigenvalue weighted by molar-refractivity contribution is 5.80. The van der Waals surface area contributed by atoms with Gasteiger partial charge in [0.15, 0.2) is 0 Å². The van der Waals surface area contributed by atoms with Crippen molar-refractivity contribution < 1.29 is 14.3 Å². The van der Waals surface area contributed by atoms with Crippen LogP contribution >= 0.6 is 0 Å². The molecule has 0 amide bonds. The van der Waals surface area contributed by atoms with Gasteiger partial charge in [-0.2, -0.15) is 0 Å². The lowest BCUT2D eigenvalue weighted by Gasteiger charge is -2.20. The molecule has 1 saturated heterocycles. The minimum absolute atomic E-state index is 0.352. The first-order valence-corrected chi connectivity index (χ1v) is 6.17. The van der Waals surface area contributed by atoms with Crippen LogP contribution in [-0.2, 0) is 11.3 Å². The minimum Gasteiger partial charge on any atom is -0.480 e. The number of likely N-dealkylation sites (tertiary alicyclic amines) is 1. The number of benzene rings is 1. The molecule has 1 aliphatic heterocycles. The Morgan fingerprint density at radius 1 is 1.44 bits per heavy atom. The highest BCUT2D eigenvalue weighted by atomic mass is 16.4. The molecule has 2 aromatic rings. The lowest BCUT2D eigenvalue weighted by Crippen LogP contribution is -2.35. The Morgan fingerprint density at radius 2 is 2.33 bits per heavy atom. The molecule has 0 aliphatic carbocycles. The van der Waals surface area contributed by atoms with Crippen LogP contribution in [0.1, 0.15) is 18.4 Å². The van der Waals surface area contributed by atoms with Crippen LogP contribution < -0.4 is 0 Å². The maximum Gasteiger partial charge on any atom is 0.320 e. The monoisotopic (exact) mass is 245 g/mol. The van der Waals surface area contributed by atoms with Gasteiger partial charge in [0.2, 0.25) is 0 Å². The number of carboxylic acids is 1. The van der Waals surface area contributed by atoms with Crippen LogP contribution in [0.2, 0.25) is 0 Å².